The topological polar surface area (TPSA) is 103 Å². The first kappa shape index (κ1) is 17.5. The number of thioether (sulfide) groups is 1. The minimum Gasteiger partial charge on any atom is -0.365 e. The monoisotopic (exact) mass is 391 g/mol. The molecule has 1 saturated carbocycles. The van der Waals surface area contributed by atoms with Crippen molar-refractivity contribution in [1.29, 1.82) is 0 Å². The molecule has 0 bridgehead atoms. The van der Waals surface area contributed by atoms with Gasteiger partial charge in [0.05, 0.1) is 11.3 Å². The van der Waals surface area contributed by atoms with Crippen LogP contribution in [0.2, 0.25) is 0 Å². The van der Waals surface area contributed by atoms with E-state index in [9.17, 15) is 9.59 Å². The molecule has 7 nitrogen and oxygen atoms in total. The maximum Gasteiger partial charge on any atom is 0.251 e. The van der Waals surface area contributed by atoms with Crippen molar-refractivity contribution in [3.05, 3.63) is 21.8 Å². The lowest BCUT2D eigenvalue weighted by Crippen LogP contribution is -2.19. The summed E-state index contributed by atoms with van der Waals surface area (Å²) in [6, 6.07) is 0.473. The number of nitrogens with zero attached hydrogens (tertiary/aromatic N) is 3. The van der Waals surface area contributed by atoms with Gasteiger partial charge < -0.3 is 15.6 Å². The summed E-state index contributed by atoms with van der Waals surface area (Å²) < 4.78 is 2.11. The second-order valence-corrected chi connectivity index (χ2v) is 8.79. The fourth-order valence-electron chi connectivity index (χ4n) is 3.41. The molecule has 0 saturated heterocycles. The molecule has 1 fully saturated rings. The van der Waals surface area contributed by atoms with E-state index in [2.05, 4.69) is 20.1 Å². The van der Waals surface area contributed by atoms with Gasteiger partial charge in [0.1, 0.15) is 10.8 Å². The van der Waals surface area contributed by atoms with E-state index in [-0.39, 0.29) is 11.7 Å². The number of carbonyl (C=O) groups excluding carboxylic acids is 2. The lowest BCUT2D eigenvalue weighted by atomic mass is 9.95. The zero-order valence-corrected chi connectivity index (χ0v) is 16.2. The van der Waals surface area contributed by atoms with Gasteiger partial charge in [-0.05, 0) is 51.0 Å². The quantitative estimate of drug-likeness (QED) is 0.737. The molecule has 0 aliphatic heterocycles. The Labute approximate surface area is 159 Å². The first-order chi connectivity index (χ1) is 12.5. The Morgan fingerprint density at radius 2 is 2.08 bits per heavy atom. The summed E-state index contributed by atoms with van der Waals surface area (Å²) in [6.07, 6.45) is 6.27. The number of fused-ring (bicyclic) bond motifs is 1. The molecule has 0 spiro atoms. The predicted octanol–water partition coefficient (Wildman–Crippen LogP) is 2.69. The Kier molecular flexibility index (Phi) is 4.74. The van der Waals surface area contributed by atoms with Crippen molar-refractivity contribution in [3.8, 4) is 0 Å². The van der Waals surface area contributed by atoms with Crippen molar-refractivity contribution in [2.24, 2.45) is 5.73 Å². The lowest BCUT2D eigenvalue weighted by molar-refractivity contribution is -0.113. The Hall–Kier alpha value is -1.87. The zero-order valence-electron chi connectivity index (χ0n) is 14.6. The molecule has 9 heteroatoms. The third-order valence-corrected chi connectivity index (χ3v) is 6.90. The standard InChI is InChI=1S/C17H21N5O2S2/c1-9-20-21-17(22(9)10-6-7-10)25-8-13(23)19-16-14(15(18)24)11-4-2-3-5-12(11)26-16/h10H,2-8H2,1H3,(H2,18,24)(H,19,23). The zero-order chi connectivity index (χ0) is 18.3. The summed E-state index contributed by atoms with van der Waals surface area (Å²) >= 11 is 2.87. The predicted molar refractivity (Wildman–Crippen MR) is 102 cm³/mol. The number of aromatic nitrogens is 3. The number of rotatable bonds is 6. The number of thiophene rings is 1. The molecular formula is C17H21N5O2S2. The summed E-state index contributed by atoms with van der Waals surface area (Å²) in [5, 5.41) is 12.6. The van der Waals surface area contributed by atoms with E-state index >= 15 is 0 Å². The van der Waals surface area contributed by atoms with E-state index in [0.29, 0.717) is 16.6 Å². The number of anilines is 1. The van der Waals surface area contributed by atoms with E-state index in [1.54, 1.807) is 0 Å². The normalized spacial score (nSPS) is 16.3. The first-order valence-corrected chi connectivity index (χ1v) is 10.6. The molecule has 0 radical (unpaired) electrons. The molecular weight excluding hydrogens is 370 g/mol. The van der Waals surface area contributed by atoms with Crippen molar-refractivity contribution in [1.82, 2.24) is 14.8 Å². The Morgan fingerprint density at radius 1 is 1.31 bits per heavy atom. The van der Waals surface area contributed by atoms with Gasteiger partial charge in [-0.25, -0.2) is 0 Å². The maximum absolute atomic E-state index is 12.4. The average Bonchev–Trinajstić information content (AvgIpc) is 3.27. The molecule has 2 aromatic heterocycles. The molecule has 2 amide bonds. The summed E-state index contributed by atoms with van der Waals surface area (Å²) in [5.74, 6) is 0.499. The van der Waals surface area contributed by atoms with Crippen LogP contribution in [0.4, 0.5) is 5.00 Å². The van der Waals surface area contributed by atoms with E-state index in [1.807, 2.05) is 6.92 Å². The Bertz CT molecular complexity index is 869. The molecule has 0 atom stereocenters. The molecule has 0 unspecified atom stereocenters. The van der Waals surface area contributed by atoms with Crippen LogP contribution in [-0.2, 0) is 17.6 Å². The van der Waals surface area contributed by atoms with Crippen LogP contribution in [0.1, 0.15) is 58.3 Å². The minimum absolute atomic E-state index is 0.154. The number of nitrogens with one attached hydrogen (secondary N) is 1. The molecule has 3 N–H and O–H groups in total. The highest BCUT2D eigenvalue weighted by atomic mass is 32.2. The van der Waals surface area contributed by atoms with Gasteiger partial charge in [-0.2, -0.15) is 0 Å². The molecule has 2 aromatic rings. The smallest absolute Gasteiger partial charge is 0.251 e. The van der Waals surface area contributed by atoms with Gasteiger partial charge in [-0.3, -0.25) is 9.59 Å². The highest BCUT2D eigenvalue weighted by Gasteiger charge is 2.29. The van der Waals surface area contributed by atoms with Crippen LogP contribution in [0.3, 0.4) is 0 Å². The van der Waals surface area contributed by atoms with Crippen LogP contribution in [0.15, 0.2) is 5.16 Å². The molecule has 4 rings (SSSR count). The van der Waals surface area contributed by atoms with Gasteiger partial charge in [0, 0.05) is 10.9 Å². The van der Waals surface area contributed by atoms with Crippen LogP contribution in [0.5, 0.6) is 0 Å². The third kappa shape index (κ3) is 3.37. The van der Waals surface area contributed by atoms with Crippen LogP contribution in [0.25, 0.3) is 0 Å². The van der Waals surface area contributed by atoms with Gasteiger partial charge in [-0.15, -0.1) is 21.5 Å². The molecule has 2 heterocycles. The van der Waals surface area contributed by atoms with E-state index in [0.717, 1.165) is 55.1 Å². The van der Waals surface area contributed by atoms with E-state index in [4.69, 9.17) is 5.73 Å². The van der Waals surface area contributed by atoms with Gasteiger partial charge in [0.15, 0.2) is 5.16 Å². The lowest BCUT2D eigenvalue weighted by Gasteiger charge is -2.11. The summed E-state index contributed by atoms with van der Waals surface area (Å²) in [6.45, 7) is 1.94. The summed E-state index contributed by atoms with van der Waals surface area (Å²) in [5.41, 5.74) is 7.10. The largest absolute Gasteiger partial charge is 0.365 e. The number of nitrogens with two attached hydrogens (primary N) is 1. The highest BCUT2D eigenvalue weighted by molar-refractivity contribution is 7.99. The Balaban J connectivity index is 1.45. The second-order valence-electron chi connectivity index (χ2n) is 6.75. The average molecular weight is 392 g/mol. The minimum atomic E-state index is -0.462. The van der Waals surface area contributed by atoms with Crippen LogP contribution < -0.4 is 11.1 Å². The van der Waals surface area contributed by atoms with Crippen LogP contribution in [-0.4, -0.2) is 32.3 Å². The van der Waals surface area contributed by atoms with Crippen LogP contribution in [0, 0.1) is 6.92 Å². The van der Waals surface area contributed by atoms with Crippen LogP contribution >= 0.6 is 23.1 Å². The number of hydrogen-bond donors (Lipinski definition) is 2. The molecule has 2 aliphatic rings. The molecule has 26 heavy (non-hydrogen) atoms. The maximum atomic E-state index is 12.4. The van der Waals surface area contributed by atoms with Gasteiger partial charge in [-0.1, -0.05) is 11.8 Å². The number of carbonyl (C=O) groups is 2. The third-order valence-electron chi connectivity index (χ3n) is 4.75. The number of hydrogen-bond acceptors (Lipinski definition) is 6. The molecule has 0 aromatic carbocycles. The highest BCUT2D eigenvalue weighted by Crippen LogP contribution is 2.39. The van der Waals surface area contributed by atoms with Gasteiger partial charge >= 0.3 is 0 Å². The van der Waals surface area contributed by atoms with Crippen molar-refractivity contribution in [2.75, 3.05) is 11.1 Å². The fourth-order valence-corrected chi connectivity index (χ4v) is 5.57. The number of aryl methyl sites for hydroxylation is 2. The SMILES string of the molecule is Cc1nnc(SCC(=O)Nc2sc3c(c2C(N)=O)CCCC3)n1C1CC1. The van der Waals surface area contributed by atoms with Gasteiger partial charge in [0.25, 0.3) is 5.91 Å². The summed E-state index contributed by atoms with van der Waals surface area (Å²) in [7, 11) is 0. The number of primary amides is 1. The van der Waals surface area contributed by atoms with Crippen molar-refractivity contribution in [3.63, 3.8) is 0 Å². The van der Waals surface area contributed by atoms with Crippen molar-refractivity contribution in [2.45, 2.75) is 56.6 Å². The van der Waals surface area contributed by atoms with Crippen molar-refractivity contribution >= 4 is 39.9 Å². The number of amides is 2. The van der Waals surface area contributed by atoms with Gasteiger partial charge in [0.2, 0.25) is 5.91 Å². The molecule has 138 valence electrons. The van der Waals surface area contributed by atoms with E-state index < -0.39 is 5.91 Å². The fraction of sp³-hybridized carbons (Fsp3) is 0.529. The Morgan fingerprint density at radius 3 is 2.81 bits per heavy atom. The first-order valence-electron chi connectivity index (χ1n) is 8.83. The second kappa shape index (κ2) is 7.03. The molecule has 2 aliphatic carbocycles. The van der Waals surface area contributed by atoms with Crippen molar-refractivity contribution < 1.29 is 9.59 Å². The van der Waals surface area contributed by atoms with E-state index in [1.165, 1.54) is 28.0 Å². The summed E-state index contributed by atoms with van der Waals surface area (Å²) in [4.78, 5) is 25.5.